The van der Waals surface area contributed by atoms with Gasteiger partial charge in [0.15, 0.2) is 0 Å². The Morgan fingerprint density at radius 2 is 1.91 bits per heavy atom. The number of hydrogen-bond donors (Lipinski definition) is 1. The van der Waals surface area contributed by atoms with Crippen molar-refractivity contribution < 1.29 is 9.53 Å². The van der Waals surface area contributed by atoms with E-state index in [-0.39, 0.29) is 18.3 Å². The zero-order valence-electron chi connectivity index (χ0n) is 13.1. The van der Waals surface area contributed by atoms with Gasteiger partial charge < -0.3 is 15.0 Å². The highest BCUT2D eigenvalue weighted by Crippen LogP contribution is 2.28. The minimum atomic E-state index is 0. The highest BCUT2D eigenvalue weighted by molar-refractivity contribution is 5.97. The molecule has 0 aromatic heterocycles. The average Bonchev–Trinajstić information content (AvgIpc) is 3.37. The number of nitrogens with one attached hydrogen (secondary N) is 1. The summed E-state index contributed by atoms with van der Waals surface area (Å²) in [5, 5.41) is 3.64. The van der Waals surface area contributed by atoms with Crippen LogP contribution in [-0.2, 0) is 0 Å². The lowest BCUT2D eigenvalue weighted by atomic mass is 10.0. The Bertz CT molecular complexity index is 497. The SMILES string of the molecule is COc1ccccc1C(=O)N1CCC(NCC2CC2)CC1.Cl. The van der Waals surface area contributed by atoms with E-state index in [4.69, 9.17) is 4.74 Å². The normalized spacial score (nSPS) is 18.7. The van der Waals surface area contributed by atoms with Crippen LogP contribution in [0, 0.1) is 5.92 Å². The topological polar surface area (TPSA) is 41.6 Å². The number of amides is 1. The van der Waals surface area contributed by atoms with Crippen molar-refractivity contribution in [3.05, 3.63) is 29.8 Å². The number of ether oxygens (including phenoxy) is 1. The van der Waals surface area contributed by atoms with Crippen LogP contribution in [0.3, 0.4) is 0 Å². The van der Waals surface area contributed by atoms with Crippen LogP contribution >= 0.6 is 12.4 Å². The summed E-state index contributed by atoms with van der Waals surface area (Å²) in [6, 6.07) is 8.05. The van der Waals surface area contributed by atoms with Crippen molar-refractivity contribution in [2.24, 2.45) is 5.92 Å². The molecule has 1 aromatic rings. The van der Waals surface area contributed by atoms with Crippen molar-refractivity contribution in [3.8, 4) is 5.75 Å². The molecule has 1 N–H and O–H groups in total. The molecule has 0 unspecified atom stereocenters. The number of para-hydroxylation sites is 1. The van der Waals surface area contributed by atoms with E-state index >= 15 is 0 Å². The quantitative estimate of drug-likeness (QED) is 0.905. The lowest BCUT2D eigenvalue weighted by Gasteiger charge is -2.33. The molecule has 1 amide bonds. The van der Waals surface area contributed by atoms with Crippen molar-refractivity contribution in [1.29, 1.82) is 0 Å². The summed E-state index contributed by atoms with van der Waals surface area (Å²) in [7, 11) is 1.61. The van der Waals surface area contributed by atoms with Crippen LogP contribution in [0.15, 0.2) is 24.3 Å². The zero-order valence-corrected chi connectivity index (χ0v) is 13.9. The van der Waals surface area contributed by atoms with Crippen LogP contribution in [0.5, 0.6) is 5.75 Å². The Morgan fingerprint density at radius 1 is 1.23 bits per heavy atom. The second-order valence-electron chi connectivity index (χ2n) is 6.12. The Hall–Kier alpha value is -1.26. The van der Waals surface area contributed by atoms with Crippen molar-refractivity contribution in [2.75, 3.05) is 26.7 Å². The van der Waals surface area contributed by atoms with Gasteiger partial charge in [-0.15, -0.1) is 12.4 Å². The van der Waals surface area contributed by atoms with Gasteiger partial charge in [0.2, 0.25) is 0 Å². The van der Waals surface area contributed by atoms with Gasteiger partial charge in [-0.2, -0.15) is 0 Å². The van der Waals surface area contributed by atoms with Crippen LogP contribution in [0.2, 0.25) is 0 Å². The third-order valence-corrected chi connectivity index (χ3v) is 4.51. The van der Waals surface area contributed by atoms with Crippen molar-refractivity contribution >= 4 is 18.3 Å². The third kappa shape index (κ3) is 4.14. The summed E-state index contributed by atoms with van der Waals surface area (Å²) in [6.07, 6.45) is 4.87. The number of carbonyl (C=O) groups is 1. The molecule has 4 nitrogen and oxygen atoms in total. The highest BCUT2D eigenvalue weighted by Gasteiger charge is 2.27. The first-order chi connectivity index (χ1) is 10.3. The van der Waals surface area contributed by atoms with Gasteiger partial charge in [-0.25, -0.2) is 0 Å². The fourth-order valence-electron chi connectivity index (χ4n) is 2.93. The van der Waals surface area contributed by atoms with E-state index in [1.807, 2.05) is 29.2 Å². The molecule has 0 bridgehead atoms. The number of benzene rings is 1. The molecule has 1 aromatic carbocycles. The van der Waals surface area contributed by atoms with Gasteiger partial charge in [-0.1, -0.05) is 12.1 Å². The van der Waals surface area contributed by atoms with Crippen molar-refractivity contribution in [1.82, 2.24) is 10.2 Å². The molecule has 1 saturated heterocycles. The van der Waals surface area contributed by atoms with Crippen LogP contribution in [0.25, 0.3) is 0 Å². The van der Waals surface area contributed by atoms with E-state index in [0.717, 1.165) is 38.4 Å². The third-order valence-electron chi connectivity index (χ3n) is 4.51. The Labute approximate surface area is 138 Å². The maximum atomic E-state index is 12.6. The summed E-state index contributed by atoms with van der Waals surface area (Å²) in [5.41, 5.74) is 0.671. The lowest BCUT2D eigenvalue weighted by Crippen LogP contribution is -2.45. The summed E-state index contributed by atoms with van der Waals surface area (Å²) in [4.78, 5) is 14.5. The molecule has 22 heavy (non-hydrogen) atoms. The molecule has 2 aliphatic rings. The maximum Gasteiger partial charge on any atom is 0.257 e. The molecule has 1 aliphatic carbocycles. The smallest absolute Gasteiger partial charge is 0.257 e. The summed E-state index contributed by atoms with van der Waals surface area (Å²) in [6.45, 7) is 2.82. The van der Waals surface area contributed by atoms with Gasteiger partial charge in [-0.05, 0) is 50.3 Å². The zero-order chi connectivity index (χ0) is 14.7. The average molecular weight is 325 g/mol. The molecule has 0 spiro atoms. The van der Waals surface area contributed by atoms with Gasteiger partial charge in [-0.3, -0.25) is 4.79 Å². The number of halogens is 1. The van der Waals surface area contributed by atoms with Gasteiger partial charge in [0.05, 0.1) is 12.7 Å². The number of hydrogen-bond acceptors (Lipinski definition) is 3. The second kappa shape index (κ2) is 7.84. The largest absolute Gasteiger partial charge is 0.496 e. The first kappa shape index (κ1) is 17.1. The highest BCUT2D eigenvalue weighted by atomic mass is 35.5. The van der Waals surface area contributed by atoms with Crippen LogP contribution in [0.4, 0.5) is 0 Å². The maximum absolute atomic E-state index is 12.6. The number of methoxy groups -OCH3 is 1. The minimum Gasteiger partial charge on any atom is -0.496 e. The van der Waals surface area contributed by atoms with Crippen LogP contribution < -0.4 is 10.1 Å². The first-order valence-corrected chi connectivity index (χ1v) is 7.93. The molecule has 3 rings (SSSR count). The molecule has 1 aliphatic heterocycles. The molecule has 0 radical (unpaired) electrons. The number of likely N-dealkylation sites (tertiary alicyclic amines) is 1. The standard InChI is InChI=1S/C17H24N2O2.ClH/c1-21-16-5-3-2-4-15(16)17(20)19-10-8-14(9-11-19)18-12-13-6-7-13;/h2-5,13-14,18H,6-12H2,1H3;1H. The van der Waals surface area contributed by atoms with Gasteiger partial charge >= 0.3 is 0 Å². The van der Waals surface area contributed by atoms with Crippen molar-refractivity contribution in [3.63, 3.8) is 0 Å². The molecule has 122 valence electrons. The Balaban J connectivity index is 0.00000176. The van der Waals surface area contributed by atoms with Gasteiger partial charge in [0.1, 0.15) is 5.75 Å². The number of carbonyl (C=O) groups excluding carboxylic acids is 1. The van der Waals surface area contributed by atoms with E-state index in [1.54, 1.807) is 7.11 Å². The molecular weight excluding hydrogens is 300 g/mol. The summed E-state index contributed by atoms with van der Waals surface area (Å²) in [5.74, 6) is 1.67. The number of piperidine rings is 1. The molecule has 5 heteroatoms. The summed E-state index contributed by atoms with van der Waals surface area (Å²) < 4.78 is 5.29. The molecular formula is C17H25ClN2O2. The van der Waals surface area contributed by atoms with Crippen LogP contribution in [-0.4, -0.2) is 43.6 Å². The minimum absolute atomic E-state index is 0. The predicted molar refractivity (Wildman–Crippen MR) is 89.9 cm³/mol. The molecule has 2 fully saturated rings. The Kier molecular flexibility index (Phi) is 6.09. The lowest BCUT2D eigenvalue weighted by molar-refractivity contribution is 0.0701. The van der Waals surface area contributed by atoms with Crippen molar-refractivity contribution in [2.45, 2.75) is 31.7 Å². The molecule has 1 heterocycles. The number of nitrogens with zero attached hydrogens (tertiary/aromatic N) is 1. The van der Waals surface area contributed by atoms with Crippen LogP contribution in [0.1, 0.15) is 36.0 Å². The van der Waals surface area contributed by atoms with E-state index < -0.39 is 0 Å². The van der Waals surface area contributed by atoms with E-state index in [2.05, 4.69) is 5.32 Å². The fraction of sp³-hybridized carbons (Fsp3) is 0.588. The van der Waals surface area contributed by atoms with Gasteiger partial charge in [0, 0.05) is 19.1 Å². The second-order valence-corrected chi connectivity index (χ2v) is 6.12. The predicted octanol–water partition coefficient (Wildman–Crippen LogP) is 2.72. The Morgan fingerprint density at radius 3 is 2.55 bits per heavy atom. The van der Waals surface area contributed by atoms with E-state index in [9.17, 15) is 4.79 Å². The first-order valence-electron chi connectivity index (χ1n) is 7.93. The van der Waals surface area contributed by atoms with E-state index in [1.165, 1.54) is 12.8 Å². The molecule has 1 saturated carbocycles. The van der Waals surface area contributed by atoms with Gasteiger partial charge in [0.25, 0.3) is 5.91 Å². The molecule has 0 atom stereocenters. The fourth-order valence-corrected chi connectivity index (χ4v) is 2.93. The summed E-state index contributed by atoms with van der Waals surface area (Å²) >= 11 is 0. The number of rotatable bonds is 5. The van der Waals surface area contributed by atoms with E-state index in [0.29, 0.717) is 17.4 Å². The monoisotopic (exact) mass is 324 g/mol.